The topological polar surface area (TPSA) is 38.3 Å². The Balaban J connectivity index is 2.09. The lowest BCUT2D eigenvalue weighted by Gasteiger charge is -2.14. The first-order chi connectivity index (χ1) is 11.1. The van der Waals surface area contributed by atoms with Gasteiger partial charge in [-0.3, -0.25) is 4.79 Å². The van der Waals surface area contributed by atoms with E-state index < -0.39 is 0 Å². The minimum absolute atomic E-state index is 0.136. The molecular formula is C20H23NO2. The standard InChI is InChI=1S/C20H23NO2/c1-4-15(2)18-10-5-6-11-19(18)21-20(22)13-12-16-8-7-9-17(14-16)23-3/h5-15H,4H2,1-3H3,(H,21,22)/b13-12+/t15-/m1/s1. The highest BCUT2D eigenvalue weighted by atomic mass is 16.5. The molecular weight excluding hydrogens is 286 g/mol. The van der Waals surface area contributed by atoms with Gasteiger partial charge in [0.15, 0.2) is 0 Å². The lowest BCUT2D eigenvalue weighted by molar-refractivity contribution is -0.111. The lowest BCUT2D eigenvalue weighted by atomic mass is 9.97. The molecule has 1 atom stereocenters. The van der Waals surface area contributed by atoms with Crippen molar-refractivity contribution in [3.63, 3.8) is 0 Å². The quantitative estimate of drug-likeness (QED) is 0.774. The van der Waals surface area contributed by atoms with Crippen molar-refractivity contribution in [3.05, 3.63) is 65.7 Å². The Hall–Kier alpha value is -2.55. The van der Waals surface area contributed by atoms with Crippen LogP contribution in [0.1, 0.15) is 37.3 Å². The number of methoxy groups -OCH3 is 1. The summed E-state index contributed by atoms with van der Waals surface area (Å²) >= 11 is 0. The van der Waals surface area contributed by atoms with Crippen LogP contribution in [-0.2, 0) is 4.79 Å². The minimum atomic E-state index is -0.136. The first kappa shape index (κ1) is 16.8. The van der Waals surface area contributed by atoms with Gasteiger partial charge >= 0.3 is 0 Å². The van der Waals surface area contributed by atoms with Gasteiger partial charge in [-0.2, -0.15) is 0 Å². The molecule has 0 aliphatic carbocycles. The van der Waals surface area contributed by atoms with E-state index >= 15 is 0 Å². The van der Waals surface area contributed by atoms with E-state index in [0.29, 0.717) is 5.92 Å². The molecule has 0 bridgehead atoms. The maximum Gasteiger partial charge on any atom is 0.248 e. The van der Waals surface area contributed by atoms with Crippen LogP contribution in [0.15, 0.2) is 54.6 Å². The van der Waals surface area contributed by atoms with Crippen molar-refractivity contribution in [2.24, 2.45) is 0 Å². The summed E-state index contributed by atoms with van der Waals surface area (Å²) < 4.78 is 5.18. The molecule has 0 unspecified atom stereocenters. The Bertz CT molecular complexity index is 692. The van der Waals surface area contributed by atoms with Gasteiger partial charge in [-0.1, -0.05) is 44.2 Å². The van der Waals surface area contributed by atoms with Crippen molar-refractivity contribution in [3.8, 4) is 5.75 Å². The van der Waals surface area contributed by atoms with E-state index in [9.17, 15) is 4.79 Å². The van der Waals surface area contributed by atoms with Crippen LogP contribution in [0.4, 0.5) is 5.69 Å². The predicted octanol–water partition coefficient (Wildman–Crippen LogP) is 4.86. The summed E-state index contributed by atoms with van der Waals surface area (Å²) in [6.07, 6.45) is 4.36. The summed E-state index contributed by atoms with van der Waals surface area (Å²) in [5, 5.41) is 2.97. The van der Waals surface area contributed by atoms with E-state index in [0.717, 1.165) is 29.0 Å². The highest BCUT2D eigenvalue weighted by Gasteiger charge is 2.09. The van der Waals surface area contributed by atoms with Gasteiger partial charge in [0.2, 0.25) is 5.91 Å². The molecule has 0 saturated carbocycles. The highest BCUT2D eigenvalue weighted by molar-refractivity contribution is 6.02. The Morgan fingerprint density at radius 3 is 2.74 bits per heavy atom. The summed E-state index contributed by atoms with van der Waals surface area (Å²) in [5.74, 6) is 1.05. The average molecular weight is 309 g/mol. The third kappa shape index (κ3) is 4.71. The van der Waals surface area contributed by atoms with Crippen LogP contribution in [0.25, 0.3) is 6.08 Å². The first-order valence-electron chi connectivity index (χ1n) is 7.86. The molecule has 0 fully saturated rings. The molecule has 0 aromatic heterocycles. The average Bonchev–Trinajstić information content (AvgIpc) is 2.60. The van der Waals surface area contributed by atoms with E-state index in [1.807, 2.05) is 42.5 Å². The number of carbonyl (C=O) groups is 1. The van der Waals surface area contributed by atoms with Crippen LogP contribution in [0.2, 0.25) is 0 Å². The normalized spacial score (nSPS) is 12.1. The molecule has 0 heterocycles. The van der Waals surface area contributed by atoms with Gasteiger partial charge in [-0.15, -0.1) is 0 Å². The van der Waals surface area contributed by atoms with Gasteiger partial charge in [0, 0.05) is 11.8 Å². The number of rotatable bonds is 6. The summed E-state index contributed by atoms with van der Waals surface area (Å²) in [6, 6.07) is 15.5. The second kappa shape index (κ2) is 8.18. The molecule has 2 rings (SSSR count). The monoisotopic (exact) mass is 309 g/mol. The fraction of sp³-hybridized carbons (Fsp3) is 0.250. The van der Waals surface area contributed by atoms with Gasteiger partial charge in [-0.25, -0.2) is 0 Å². The van der Waals surface area contributed by atoms with Crippen LogP contribution in [-0.4, -0.2) is 13.0 Å². The van der Waals surface area contributed by atoms with Gasteiger partial charge in [0.05, 0.1) is 7.11 Å². The zero-order valence-corrected chi connectivity index (χ0v) is 13.9. The Labute approximate surface area is 138 Å². The number of ether oxygens (including phenoxy) is 1. The lowest BCUT2D eigenvalue weighted by Crippen LogP contribution is -2.10. The molecule has 0 spiro atoms. The van der Waals surface area contributed by atoms with E-state index in [1.165, 1.54) is 0 Å². The summed E-state index contributed by atoms with van der Waals surface area (Å²) in [4.78, 5) is 12.2. The molecule has 0 radical (unpaired) electrons. The second-order valence-corrected chi connectivity index (χ2v) is 5.50. The zero-order chi connectivity index (χ0) is 16.7. The highest BCUT2D eigenvalue weighted by Crippen LogP contribution is 2.26. The fourth-order valence-electron chi connectivity index (χ4n) is 2.35. The molecule has 1 N–H and O–H groups in total. The van der Waals surface area contributed by atoms with Crippen LogP contribution in [0.5, 0.6) is 5.75 Å². The van der Waals surface area contributed by atoms with Crippen molar-refractivity contribution in [1.82, 2.24) is 0 Å². The molecule has 1 amide bonds. The number of carbonyl (C=O) groups excluding carboxylic acids is 1. The summed E-state index contributed by atoms with van der Waals surface area (Å²) in [7, 11) is 1.63. The number of hydrogen-bond acceptors (Lipinski definition) is 2. The predicted molar refractivity (Wildman–Crippen MR) is 95.8 cm³/mol. The van der Waals surface area contributed by atoms with Gasteiger partial charge < -0.3 is 10.1 Å². The Morgan fingerprint density at radius 1 is 1.22 bits per heavy atom. The van der Waals surface area contributed by atoms with Crippen LogP contribution < -0.4 is 10.1 Å². The molecule has 3 nitrogen and oxygen atoms in total. The molecule has 120 valence electrons. The number of anilines is 1. The van der Waals surface area contributed by atoms with Gasteiger partial charge in [-0.05, 0) is 47.7 Å². The third-order valence-corrected chi connectivity index (χ3v) is 3.88. The SMILES string of the molecule is CC[C@@H](C)c1ccccc1NC(=O)/C=C/c1cccc(OC)c1. The molecule has 0 aliphatic heterocycles. The van der Waals surface area contributed by atoms with Crippen LogP contribution in [0.3, 0.4) is 0 Å². The number of hydrogen-bond donors (Lipinski definition) is 1. The zero-order valence-electron chi connectivity index (χ0n) is 13.9. The van der Waals surface area contributed by atoms with E-state index in [2.05, 4.69) is 25.2 Å². The molecule has 2 aromatic rings. The summed E-state index contributed by atoms with van der Waals surface area (Å²) in [6.45, 7) is 4.31. The van der Waals surface area contributed by atoms with Gasteiger partial charge in [0.25, 0.3) is 0 Å². The third-order valence-electron chi connectivity index (χ3n) is 3.88. The number of amides is 1. The summed E-state index contributed by atoms with van der Waals surface area (Å²) in [5.41, 5.74) is 2.97. The van der Waals surface area contributed by atoms with Crippen molar-refractivity contribution in [2.75, 3.05) is 12.4 Å². The van der Waals surface area contributed by atoms with E-state index in [-0.39, 0.29) is 5.91 Å². The molecule has 0 saturated heterocycles. The van der Waals surface area contributed by atoms with Crippen molar-refractivity contribution < 1.29 is 9.53 Å². The molecule has 3 heteroatoms. The smallest absolute Gasteiger partial charge is 0.248 e. The molecule has 23 heavy (non-hydrogen) atoms. The maximum atomic E-state index is 12.2. The number of nitrogens with one attached hydrogen (secondary N) is 1. The number of benzene rings is 2. The minimum Gasteiger partial charge on any atom is -0.497 e. The largest absolute Gasteiger partial charge is 0.497 e. The Kier molecular flexibility index (Phi) is 5.98. The molecule has 2 aromatic carbocycles. The molecule has 0 aliphatic rings. The number of para-hydroxylation sites is 1. The van der Waals surface area contributed by atoms with E-state index in [4.69, 9.17) is 4.74 Å². The second-order valence-electron chi connectivity index (χ2n) is 5.50. The van der Waals surface area contributed by atoms with Crippen LogP contribution >= 0.6 is 0 Å². The Morgan fingerprint density at radius 2 is 2.00 bits per heavy atom. The van der Waals surface area contributed by atoms with Gasteiger partial charge in [0.1, 0.15) is 5.75 Å². The van der Waals surface area contributed by atoms with E-state index in [1.54, 1.807) is 19.3 Å². The van der Waals surface area contributed by atoms with Crippen molar-refractivity contribution in [2.45, 2.75) is 26.2 Å². The maximum absolute atomic E-state index is 12.2. The fourth-order valence-corrected chi connectivity index (χ4v) is 2.35. The first-order valence-corrected chi connectivity index (χ1v) is 7.86. The van der Waals surface area contributed by atoms with Crippen molar-refractivity contribution >= 4 is 17.7 Å². The van der Waals surface area contributed by atoms with Crippen LogP contribution in [0, 0.1) is 0 Å². The van der Waals surface area contributed by atoms with Crippen molar-refractivity contribution in [1.29, 1.82) is 0 Å².